The van der Waals surface area contributed by atoms with E-state index < -0.39 is 24.3 Å². The van der Waals surface area contributed by atoms with E-state index in [-0.39, 0.29) is 23.8 Å². The lowest BCUT2D eigenvalue weighted by atomic mass is 9.83. The minimum absolute atomic E-state index is 0.0693. The van der Waals surface area contributed by atoms with Crippen molar-refractivity contribution in [2.75, 3.05) is 13.2 Å². The van der Waals surface area contributed by atoms with Crippen LogP contribution in [-0.2, 0) is 11.4 Å². The molecule has 1 aliphatic rings. The van der Waals surface area contributed by atoms with Gasteiger partial charge in [-0.1, -0.05) is 41.9 Å². The van der Waals surface area contributed by atoms with Crippen molar-refractivity contribution < 1.29 is 32.9 Å². The summed E-state index contributed by atoms with van der Waals surface area (Å²) < 4.78 is 41.5. The Morgan fingerprint density at radius 2 is 1.74 bits per heavy atom. The largest absolute Gasteiger partial charge is 0.490 e. The number of nitrogens with zero attached hydrogens (tertiary/aromatic N) is 1. The molecule has 1 aliphatic heterocycles. The van der Waals surface area contributed by atoms with Gasteiger partial charge in [-0.05, 0) is 61.0 Å². The van der Waals surface area contributed by atoms with Crippen LogP contribution in [0.1, 0.15) is 29.5 Å². The summed E-state index contributed by atoms with van der Waals surface area (Å²) in [4.78, 5) is 12.4. The van der Waals surface area contributed by atoms with Crippen LogP contribution < -0.4 is 29.4 Å². The van der Waals surface area contributed by atoms with Crippen LogP contribution in [-0.4, -0.2) is 19.2 Å². The van der Waals surface area contributed by atoms with Crippen molar-refractivity contribution in [3.63, 3.8) is 0 Å². The van der Waals surface area contributed by atoms with Crippen LogP contribution in [0.3, 0.4) is 0 Å². The Morgan fingerprint density at radius 3 is 2.49 bits per heavy atom. The first-order chi connectivity index (χ1) is 20.9. The number of rotatable bonds is 10. The number of ether oxygens (including phenoxy) is 5. The molecule has 1 heterocycles. The number of halogens is 2. The van der Waals surface area contributed by atoms with Crippen LogP contribution >= 0.6 is 11.6 Å². The first-order valence-electron chi connectivity index (χ1n) is 13.3. The molecule has 1 atom stereocenters. The third-order valence-corrected chi connectivity index (χ3v) is 6.90. The number of esters is 1. The molecule has 2 N–H and O–H groups in total. The molecule has 1 unspecified atom stereocenters. The maximum Gasteiger partial charge on any atom is 0.349 e. The highest BCUT2D eigenvalue weighted by atomic mass is 35.5. The molecule has 0 radical (unpaired) electrons. The van der Waals surface area contributed by atoms with Gasteiger partial charge in [-0.3, -0.25) is 0 Å². The topological polar surface area (TPSA) is 113 Å². The normalized spacial score (nSPS) is 13.8. The molecule has 43 heavy (non-hydrogen) atoms. The molecule has 10 heteroatoms. The highest BCUT2D eigenvalue weighted by molar-refractivity contribution is 6.31. The van der Waals surface area contributed by atoms with Crippen molar-refractivity contribution in [2.24, 2.45) is 5.73 Å². The molecule has 0 amide bonds. The molecule has 5 rings (SSSR count). The molecule has 0 saturated heterocycles. The van der Waals surface area contributed by atoms with Gasteiger partial charge in [0.15, 0.2) is 18.1 Å². The Labute approximate surface area is 252 Å². The Morgan fingerprint density at radius 1 is 0.977 bits per heavy atom. The molecule has 0 aromatic heterocycles. The average Bonchev–Trinajstić information content (AvgIpc) is 3.00. The fourth-order valence-electron chi connectivity index (χ4n) is 4.54. The zero-order chi connectivity index (χ0) is 30.3. The Hall–Kier alpha value is -5.20. The van der Waals surface area contributed by atoms with Gasteiger partial charge in [-0.15, -0.1) is 0 Å². The first-order valence-corrected chi connectivity index (χ1v) is 13.7. The van der Waals surface area contributed by atoms with E-state index in [0.29, 0.717) is 40.2 Å². The van der Waals surface area contributed by atoms with E-state index in [1.807, 2.05) is 31.2 Å². The van der Waals surface area contributed by atoms with Gasteiger partial charge in [0.1, 0.15) is 41.3 Å². The van der Waals surface area contributed by atoms with E-state index in [0.717, 1.165) is 11.1 Å². The van der Waals surface area contributed by atoms with Crippen LogP contribution in [0, 0.1) is 17.1 Å². The summed E-state index contributed by atoms with van der Waals surface area (Å²) in [6.45, 7) is 2.10. The summed E-state index contributed by atoms with van der Waals surface area (Å²) in [6.07, 6.45) is 0. The van der Waals surface area contributed by atoms with Crippen molar-refractivity contribution in [1.29, 1.82) is 5.26 Å². The molecule has 0 fully saturated rings. The van der Waals surface area contributed by atoms with Crippen LogP contribution in [0.25, 0.3) is 0 Å². The maximum atomic E-state index is 13.1. The average molecular weight is 601 g/mol. The summed E-state index contributed by atoms with van der Waals surface area (Å²) in [6, 6.07) is 25.1. The Bertz CT molecular complexity index is 1720. The fourth-order valence-corrected chi connectivity index (χ4v) is 4.73. The van der Waals surface area contributed by atoms with Gasteiger partial charge in [0.25, 0.3) is 0 Å². The summed E-state index contributed by atoms with van der Waals surface area (Å²) >= 11 is 6.28. The van der Waals surface area contributed by atoms with E-state index in [4.69, 9.17) is 41.0 Å². The van der Waals surface area contributed by atoms with Crippen molar-refractivity contribution in [3.8, 4) is 34.8 Å². The molecular weight excluding hydrogens is 575 g/mol. The zero-order valence-electron chi connectivity index (χ0n) is 23.0. The van der Waals surface area contributed by atoms with Crippen molar-refractivity contribution in [2.45, 2.75) is 19.4 Å². The SMILES string of the molecule is CCOc1cc(C2C(C#N)=C(N)Oc3cc(OC(=O)COc4ccc(F)cc4)ccc32)ccc1OCc1ccccc1Cl. The minimum atomic E-state index is -0.674. The van der Waals surface area contributed by atoms with Gasteiger partial charge < -0.3 is 29.4 Å². The lowest BCUT2D eigenvalue weighted by Gasteiger charge is -2.27. The van der Waals surface area contributed by atoms with Crippen molar-refractivity contribution in [1.82, 2.24) is 0 Å². The number of carbonyl (C=O) groups excluding carboxylic acids is 1. The monoisotopic (exact) mass is 600 g/mol. The van der Waals surface area contributed by atoms with Gasteiger partial charge in [0.05, 0.1) is 12.5 Å². The third kappa shape index (κ3) is 6.83. The van der Waals surface area contributed by atoms with Crippen LogP contribution in [0.2, 0.25) is 5.02 Å². The predicted octanol–water partition coefficient (Wildman–Crippen LogP) is 6.66. The summed E-state index contributed by atoms with van der Waals surface area (Å²) in [5.41, 5.74) is 8.58. The first kappa shape index (κ1) is 29.3. The number of hydrogen-bond acceptors (Lipinski definition) is 8. The van der Waals surface area contributed by atoms with Gasteiger partial charge in [0, 0.05) is 22.2 Å². The lowest BCUT2D eigenvalue weighted by Crippen LogP contribution is -2.22. The second kappa shape index (κ2) is 13.2. The molecular formula is C33H26ClFN2O6. The highest BCUT2D eigenvalue weighted by Gasteiger charge is 2.32. The Kier molecular flexibility index (Phi) is 8.99. The minimum Gasteiger partial charge on any atom is -0.490 e. The quantitative estimate of drug-likeness (QED) is 0.159. The zero-order valence-corrected chi connectivity index (χ0v) is 23.8. The molecule has 218 valence electrons. The molecule has 0 bridgehead atoms. The highest BCUT2D eigenvalue weighted by Crippen LogP contribution is 2.45. The van der Waals surface area contributed by atoms with E-state index >= 15 is 0 Å². The molecule has 4 aromatic carbocycles. The van der Waals surface area contributed by atoms with E-state index in [1.165, 1.54) is 30.3 Å². The van der Waals surface area contributed by atoms with E-state index in [2.05, 4.69) is 6.07 Å². The van der Waals surface area contributed by atoms with E-state index in [1.54, 1.807) is 30.3 Å². The standard InChI is InChI=1S/C33H26ClFN2O6/c1-2-39-30-15-20(7-14-28(30)41-18-21-5-3-4-6-27(21)34)32-25-13-12-24(16-29(25)43-33(37)26(32)17-36)42-31(38)19-40-23-10-8-22(35)9-11-23/h3-16,32H,2,18-19,37H2,1H3. The molecule has 0 spiro atoms. The molecule has 4 aromatic rings. The number of carbonyl (C=O) groups is 1. The smallest absolute Gasteiger partial charge is 0.349 e. The van der Waals surface area contributed by atoms with E-state index in [9.17, 15) is 14.4 Å². The number of allylic oxidation sites excluding steroid dienone is 1. The summed E-state index contributed by atoms with van der Waals surface area (Å²) in [5, 5.41) is 10.6. The molecule has 0 saturated carbocycles. The fraction of sp³-hybridized carbons (Fsp3) is 0.152. The van der Waals surface area contributed by atoms with Gasteiger partial charge in [0.2, 0.25) is 5.88 Å². The summed E-state index contributed by atoms with van der Waals surface area (Å²) in [5.74, 6) is 0.0930. The Balaban J connectivity index is 1.37. The lowest BCUT2D eigenvalue weighted by molar-refractivity contribution is -0.136. The van der Waals surface area contributed by atoms with Crippen LogP contribution in [0.15, 0.2) is 96.4 Å². The number of hydrogen-bond donors (Lipinski definition) is 1. The number of nitrogens with two attached hydrogens (primary N) is 1. The second-order valence-corrected chi connectivity index (χ2v) is 9.77. The second-order valence-electron chi connectivity index (χ2n) is 9.36. The van der Waals surface area contributed by atoms with Gasteiger partial charge in [-0.25, -0.2) is 9.18 Å². The molecule has 8 nitrogen and oxygen atoms in total. The van der Waals surface area contributed by atoms with Crippen molar-refractivity contribution >= 4 is 17.6 Å². The predicted molar refractivity (Wildman–Crippen MR) is 157 cm³/mol. The number of nitriles is 1. The van der Waals surface area contributed by atoms with Crippen molar-refractivity contribution in [3.05, 3.63) is 124 Å². The third-order valence-electron chi connectivity index (χ3n) is 6.53. The van der Waals surface area contributed by atoms with Crippen LogP contribution in [0.5, 0.6) is 28.7 Å². The van der Waals surface area contributed by atoms with Gasteiger partial charge >= 0.3 is 5.97 Å². The molecule has 0 aliphatic carbocycles. The van der Waals surface area contributed by atoms with Gasteiger partial charge in [-0.2, -0.15) is 5.26 Å². The van der Waals surface area contributed by atoms with Crippen LogP contribution in [0.4, 0.5) is 4.39 Å². The summed E-state index contributed by atoms with van der Waals surface area (Å²) in [7, 11) is 0. The maximum absolute atomic E-state index is 13.1. The number of benzene rings is 4. The number of fused-ring (bicyclic) bond motifs is 1.